The van der Waals surface area contributed by atoms with E-state index in [4.69, 9.17) is 4.74 Å². The Hall–Kier alpha value is -2.97. The zero-order valence-electron chi connectivity index (χ0n) is 15.9. The maximum atomic E-state index is 12.3. The van der Waals surface area contributed by atoms with Crippen LogP contribution in [0, 0.1) is 6.92 Å². The topological polar surface area (TPSA) is 77.0 Å². The summed E-state index contributed by atoms with van der Waals surface area (Å²) in [6, 6.07) is 17.1. The van der Waals surface area contributed by atoms with Crippen LogP contribution < -0.4 is 10.1 Å². The van der Waals surface area contributed by atoms with E-state index in [1.165, 1.54) is 11.8 Å². The number of carbonyl (C=O) groups is 1. The standard InChI is InChI=1S/C21H18N4O2S2/c1-13-22-19-20(29-13)18(14-8-10-16(27-2)11-9-14)24-25-21(19)28-12-17(26)23-15-6-4-3-5-7-15/h3-11H,12H2,1-2H3,(H,23,26). The third-order valence-corrected chi connectivity index (χ3v) is 6.09. The summed E-state index contributed by atoms with van der Waals surface area (Å²) in [5.41, 5.74) is 3.29. The highest BCUT2D eigenvalue weighted by Gasteiger charge is 2.17. The lowest BCUT2D eigenvalue weighted by molar-refractivity contribution is -0.113. The van der Waals surface area contributed by atoms with E-state index >= 15 is 0 Å². The molecule has 2 aromatic carbocycles. The number of benzene rings is 2. The van der Waals surface area contributed by atoms with Crippen molar-refractivity contribution in [2.24, 2.45) is 0 Å². The smallest absolute Gasteiger partial charge is 0.234 e. The molecule has 4 aromatic rings. The molecule has 0 bridgehead atoms. The van der Waals surface area contributed by atoms with Gasteiger partial charge >= 0.3 is 0 Å². The monoisotopic (exact) mass is 422 g/mol. The van der Waals surface area contributed by atoms with Gasteiger partial charge in [0.25, 0.3) is 0 Å². The molecule has 29 heavy (non-hydrogen) atoms. The molecular formula is C21H18N4O2S2. The van der Waals surface area contributed by atoms with Crippen molar-refractivity contribution in [3.8, 4) is 17.0 Å². The van der Waals surface area contributed by atoms with Crippen LogP contribution in [0.1, 0.15) is 5.01 Å². The molecule has 1 N–H and O–H groups in total. The number of hydrogen-bond acceptors (Lipinski definition) is 7. The molecule has 2 aromatic heterocycles. The molecule has 0 aliphatic carbocycles. The summed E-state index contributed by atoms with van der Waals surface area (Å²) in [6.45, 7) is 1.96. The van der Waals surface area contributed by atoms with Crippen LogP contribution in [0.2, 0.25) is 0 Å². The van der Waals surface area contributed by atoms with Gasteiger partial charge in [0.2, 0.25) is 5.91 Å². The second kappa shape index (κ2) is 8.59. The maximum absolute atomic E-state index is 12.3. The summed E-state index contributed by atoms with van der Waals surface area (Å²) in [6.07, 6.45) is 0. The van der Waals surface area contributed by atoms with Gasteiger partial charge in [0.15, 0.2) is 0 Å². The Balaban J connectivity index is 1.57. The van der Waals surface area contributed by atoms with Gasteiger partial charge in [-0.1, -0.05) is 30.0 Å². The van der Waals surface area contributed by atoms with Crippen LogP contribution in [0.15, 0.2) is 59.6 Å². The first-order valence-electron chi connectivity index (χ1n) is 8.90. The Labute approximate surface area is 176 Å². The second-order valence-electron chi connectivity index (χ2n) is 6.20. The predicted molar refractivity (Wildman–Crippen MR) is 118 cm³/mol. The Bertz CT molecular complexity index is 1140. The van der Waals surface area contributed by atoms with Gasteiger partial charge in [0, 0.05) is 11.3 Å². The molecule has 0 saturated heterocycles. The van der Waals surface area contributed by atoms with Gasteiger partial charge in [-0.15, -0.1) is 21.5 Å². The largest absolute Gasteiger partial charge is 0.497 e. The molecule has 1 amide bonds. The number of nitrogens with one attached hydrogen (secondary N) is 1. The fourth-order valence-electron chi connectivity index (χ4n) is 2.81. The number of thiazole rings is 1. The molecule has 0 atom stereocenters. The fourth-order valence-corrected chi connectivity index (χ4v) is 4.52. The highest BCUT2D eigenvalue weighted by atomic mass is 32.2. The van der Waals surface area contributed by atoms with Crippen molar-refractivity contribution >= 4 is 44.9 Å². The number of nitrogens with zero attached hydrogens (tertiary/aromatic N) is 3. The van der Waals surface area contributed by atoms with E-state index in [0.717, 1.165) is 37.9 Å². The second-order valence-corrected chi connectivity index (χ2v) is 8.36. The van der Waals surface area contributed by atoms with Gasteiger partial charge in [-0.2, -0.15) is 0 Å². The van der Waals surface area contributed by atoms with Crippen LogP contribution in [0.25, 0.3) is 21.5 Å². The Morgan fingerprint density at radius 1 is 1.10 bits per heavy atom. The fraction of sp³-hybridized carbons (Fsp3) is 0.143. The zero-order valence-corrected chi connectivity index (χ0v) is 17.5. The van der Waals surface area contributed by atoms with Crippen LogP contribution >= 0.6 is 23.1 Å². The molecule has 6 nitrogen and oxygen atoms in total. The van der Waals surface area contributed by atoms with E-state index in [9.17, 15) is 4.79 Å². The van der Waals surface area contributed by atoms with Crippen molar-refractivity contribution in [1.29, 1.82) is 0 Å². The van der Waals surface area contributed by atoms with Gasteiger partial charge < -0.3 is 10.1 Å². The quantitative estimate of drug-likeness (QED) is 0.450. The van der Waals surface area contributed by atoms with Crippen molar-refractivity contribution in [2.75, 3.05) is 18.2 Å². The van der Waals surface area contributed by atoms with Crippen molar-refractivity contribution in [3.05, 3.63) is 59.6 Å². The molecule has 146 valence electrons. The minimum atomic E-state index is -0.0951. The van der Waals surface area contributed by atoms with Gasteiger partial charge in [-0.25, -0.2) is 4.98 Å². The molecular weight excluding hydrogens is 404 g/mol. The van der Waals surface area contributed by atoms with E-state index in [2.05, 4.69) is 20.5 Å². The molecule has 0 aliphatic heterocycles. The number of para-hydroxylation sites is 1. The minimum Gasteiger partial charge on any atom is -0.497 e. The van der Waals surface area contributed by atoms with E-state index < -0.39 is 0 Å². The first-order chi connectivity index (χ1) is 14.1. The maximum Gasteiger partial charge on any atom is 0.234 e. The van der Waals surface area contributed by atoms with Gasteiger partial charge in [0.05, 0.1) is 22.6 Å². The van der Waals surface area contributed by atoms with Crippen molar-refractivity contribution in [3.63, 3.8) is 0 Å². The number of amides is 1. The lowest BCUT2D eigenvalue weighted by Crippen LogP contribution is -2.14. The molecule has 0 radical (unpaired) electrons. The molecule has 0 aliphatic rings. The van der Waals surface area contributed by atoms with Crippen LogP contribution in [0.5, 0.6) is 5.75 Å². The summed E-state index contributed by atoms with van der Waals surface area (Å²) in [4.78, 5) is 16.9. The van der Waals surface area contributed by atoms with Crippen LogP contribution in [0.4, 0.5) is 5.69 Å². The summed E-state index contributed by atoms with van der Waals surface area (Å²) < 4.78 is 6.19. The molecule has 2 heterocycles. The third kappa shape index (κ3) is 4.38. The molecule has 8 heteroatoms. The number of methoxy groups -OCH3 is 1. The van der Waals surface area contributed by atoms with Gasteiger partial charge in [0.1, 0.15) is 22.0 Å². The summed E-state index contributed by atoms with van der Waals surface area (Å²) in [7, 11) is 1.64. The highest BCUT2D eigenvalue weighted by Crippen LogP contribution is 2.35. The average molecular weight is 423 g/mol. The van der Waals surface area contributed by atoms with E-state index in [1.807, 2.05) is 61.5 Å². The molecule has 0 fully saturated rings. The summed E-state index contributed by atoms with van der Waals surface area (Å²) in [5.74, 6) is 0.925. The number of aryl methyl sites for hydroxylation is 1. The van der Waals surface area contributed by atoms with Gasteiger partial charge in [-0.05, 0) is 43.3 Å². The lowest BCUT2D eigenvalue weighted by Gasteiger charge is -2.07. The van der Waals surface area contributed by atoms with Crippen LogP contribution in [0.3, 0.4) is 0 Å². The molecule has 4 rings (SSSR count). The number of fused-ring (bicyclic) bond motifs is 1. The van der Waals surface area contributed by atoms with Crippen molar-refractivity contribution in [1.82, 2.24) is 15.2 Å². The number of thioether (sulfide) groups is 1. The molecule has 0 saturated carbocycles. The number of hydrogen-bond donors (Lipinski definition) is 1. The molecule has 0 spiro atoms. The first kappa shape index (κ1) is 19.4. The first-order valence-corrected chi connectivity index (χ1v) is 10.7. The van der Waals surface area contributed by atoms with E-state index in [1.54, 1.807) is 18.4 Å². The summed E-state index contributed by atoms with van der Waals surface area (Å²) >= 11 is 2.91. The van der Waals surface area contributed by atoms with Gasteiger partial charge in [-0.3, -0.25) is 4.79 Å². The number of rotatable bonds is 6. The molecule has 0 unspecified atom stereocenters. The minimum absolute atomic E-state index is 0.0951. The third-order valence-electron chi connectivity index (χ3n) is 4.15. The van der Waals surface area contributed by atoms with Crippen molar-refractivity contribution < 1.29 is 9.53 Å². The van der Waals surface area contributed by atoms with Crippen LogP contribution in [-0.2, 0) is 4.79 Å². The number of ether oxygens (including phenoxy) is 1. The van der Waals surface area contributed by atoms with Crippen LogP contribution in [-0.4, -0.2) is 34.0 Å². The van der Waals surface area contributed by atoms with E-state index in [0.29, 0.717) is 5.03 Å². The zero-order chi connectivity index (χ0) is 20.2. The predicted octanol–water partition coefficient (Wildman–Crippen LogP) is 4.80. The van der Waals surface area contributed by atoms with Crippen molar-refractivity contribution in [2.45, 2.75) is 11.9 Å². The number of anilines is 1. The Morgan fingerprint density at radius 3 is 2.59 bits per heavy atom. The van der Waals surface area contributed by atoms with E-state index in [-0.39, 0.29) is 11.7 Å². The lowest BCUT2D eigenvalue weighted by atomic mass is 10.1. The highest BCUT2D eigenvalue weighted by molar-refractivity contribution is 8.00. The number of carbonyl (C=O) groups excluding carboxylic acids is 1. The Kier molecular flexibility index (Phi) is 5.73. The average Bonchev–Trinajstić information content (AvgIpc) is 3.14. The number of aromatic nitrogens is 3. The summed E-state index contributed by atoms with van der Waals surface area (Å²) in [5, 5.41) is 13.3. The normalized spacial score (nSPS) is 10.8. The Morgan fingerprint density at radius 2 is 1.86 bits per heavy atom. The SMILES string of the molecule is COc1ccc(-c2nnc(SCC(=O)Nc3ccccc3)c3nc(C)sc23)cc1.